The maximum absolute atomic E-state index is 11.5. The van der Waals surface area contributed by atoms with Crippen LogP contribution in [0.4, 0.5) is 0 Å². The van der Waals surface area contributed by atoms with Crippen molar-refractivity contribution in [3.63, 3.8) is 0 Å². The molecule has 0 amide bonds. The molecule has 0 aliphatic rings. The Balaban J connectivity index is 2.66. The van der Waals surface area contributed by atoms with Crippen LogP contribution >= 0.6 is 0 Å². The second kappa shape index (κ2) is 3.89. The largest absolute Gasteiger partial charge is 0.495 e. The number of ether oxygens (including phenoxy) is 2. The van der Waals surface area contributed by atoms with Crippen molar-refractivity contribution < 1.29 is 18.4 Å². The molecule has 0 aliphatic carbocycles. The van der Waals surface area contributed by atoms with Gasteiger partial charge in [0.05, 0.1) is 25.3 Å². The van der Waals surface area contributed by atoms with Gasteiger partial charge in [-0.2, -0.15) is 0 Å². The number of aryl methyl sites for hydroxylation is 1. The van der Waals surface area contributed by atoms with Gasteiger partial charge in [-0.25, -0.2) is 4.79 Å². The minimum atomic E-state index is -2.24. The van der Waals surface area contributed by atoms with Crippen molar-refractivity contribution in [3.8, 4) is 5.75 Å². The average molecular weight is 222 g/mol. The molecule has 4 heteroatoms. The zero-order valence-corrected chi connectivity index (χ0v) is 8.96. The van der Waals surface area contributed by atoms with Gasteiger partial charge in [0, 0.05) is 15.2 Å². The standard InChI is InChI=1S/C12H13NO3/c1-7-4-8-5-9(12(14)16-3)6-10(15-2)11(8)13-7/h4-6,13H,1-3H3/i1D3. The molecule has 0 atom stereocenters. The van der Waals surface area contributed by atoms with Gasteiger partial charge in [0.25, 0.3) is 0 Å². The summed E-state index contributed by atoms with van der Waals surface area (Å²) in [6.07, 6.45) is 0. The summed E-state index contributed by atoms with van der Waals surface area (Å²) in [6.45, 7) is -2.24. The van der Waals surface area contributed by atoms with Gasteiger partial charge in [-0.05, 0) is 25.1 Å². The Morgan fingerprint density at radius 3 is 2.81 bits per heavy atom. The third kappa shape index (κ3) is 1.62. The molecule has 0 unspecified atom stereocenters. The van der Waals surface area contributed by atoms with Gasteiger partial charge >= 0.3 is 5.97 Å². The normalized spacial score (nSPS) is 14.0. The quantitative estimate of drug-likeness (QED) is 0.793. The van der Waals surface area contributed by atoms with Gasteiger partial charge in [-0.15, -0.1) is 0 Å². The number of rotatable bonds is 2. The second-order valence-electron chi connectivity index (χ2n) is 3.32. The van der Waals surface area contributed by atoms with Crippen LogP contribution in [-0.4, -0.2) is 25.2 Å². The maximum atomic E-state index is 11.5. The molecule has 0 saturated carbocycles. The number of nitrogens with one attached hydrogen (secondary N) is 1. The number of aromatic nitrogens is 1. The summed E-state index contributed by atoms with van der Waals surface area (Å²) in [6, 6.07) is 4.56. The SMILES string of the molecule is [2H]C([2H])([2H])c1cc2cc(C(=O)OC)cc(OC)c2[nH]1. The number of aromatic amines is 1. The van der Waals surface area contributed by atoms with Crippen molar-refractivity contribution in [1.82, 2.24) is 4.98 Å². The Hall–Kier alpha value is -1.97. The van der Waals surface area contributed by atoms with Crippen molar-refractivity contribution in [2.75, 3.05) is 14.2 Å². The molecule has 1 heterocycles. The number of carbonyl (C=O) groups is 1. The van der Waals surface area contributed by atoms with E-state index in [2.05, 4.69) is 9.72 Å². The molecule has 2 rings (SSSR count). The number of methoxy groups -OCH3 is 2. The lowest BCUT2D eigenvalue weighted by Crippen LogP contribution is -2.01. The fourth-order valence-electron chi connectivity index (χ4n) is 1.61. The lowest BCUT2D eigenvalue weighted by molar-refractivity contribution is 0.0600. The highest BCUT2D eigenvalue weighted by atomic mass is 16.5. The predicted octanol–water partition coefficient (Wildman–Crippen LogP) is 2.27. The first kappa shape index (κ1) is 7.33. The van der Waals surface area contributed by atoms with Gasteiger partial charge in [0.15, 0.2) is 0 Å². The highest BCUT2D eigenvalue weighted by molar-refractivity contribution is 5.97. The van der Waals surface area contributed by atoms with Crippen LogP contribution in [0.25, 0.3) is 10.9 Å². The second-order valence-corrected chi connectivity index (χ2v) is 3.32. The Bertz CT molecular complexity index is 631. The van der Waals surface area contributed by atoms with Crippen molar-refractivity contribution in [1.29, 1.82) is 0 Å². The summed E-state index contributed by atoms with van der Waals surface area (Å²) in [7, 11) is 2.73. The first-order valence-electron chi connectivity index (χ1n) is 6.16. The zero-order chi connectivity index (χ0) is 14.2. The topological polar surface area (TPSA) is 51.3 Å². The molecule has 1 N–H and O–H groups in total. The van der Waals surface area contributed by atoms with E-state index in [9.17, 15) is 4.79 Å². The van der Waals surface area contributed by atoms with Gasteiger partial charge in [-0.3, -0.25) is 0 Å². The monoisotopic (exact) mass is 222 g/mol. The summed E-state index contributed by atoms with van der Waals surface area (Å²) in [5, 5.41) is 0.589. The summed E-state index contributed by atoms with van der Waals surface area (Å²) < 4.78 is 31.9. The van der Waals surface area contributed by atoms with Gasteiger partial charge in [0.1, 0.15) is 5.75 Å². The number of hydrogen-bond donors (Lipinski definition) is 1. The van der Waals surface area contributed by atoms with E-state index in [-0.39, 0.29) is 5.69 Å². The molecule has 2 aromatic rings. The summed E-state index contributed by atoms with van der Waals surface area (Å²) in [5.74, 6) is -0.106. The molecular formula is C12H13NO3. The van der Waals surface area contributed by atoms with Crippen molar-refractivity contribution >= 4 is 16.9 Å². The molecular weight excluding hydrogens is 206 g/mol. The minimum absolute atomic E-state index is 0.0998. The Kier molecular flexibility index (Phi) is 1.78. The van der Waals surface area contributed by atoms with Crippen LogP contribution in [0, 0.1) is 6.85 Å². The molecule has 1 aromatic carbocycles. The van der Waals surface area contributed by atoms with E-state index in [4.69, 9.17) is 8.85 Å². The third-order valence-electron chi connectivity index (χ3n) is 2.33. The Morgan fingerprint density at radius 2 is 2.19 bits per heavy atom. The van der Waals surface area contributed by atoms with E-state index in [0.717, 1.165) is 0 Å². The average Bonchev–Trinajstić information content (AvgIpc) is 2.80. The lowest BCUT2D eigenvalue weighted by atomic mass is 10.1. The van der Waals surface area contributed by atoms with E-state index >= 15 is 0 Å². The molecule has 16 heavy (non-hydrogen) atoms. The number of hydrogen-bond acceptors (Lipinski definition) is 3. The van der Waals surface area contributed by atoms with Crippen LogP contribution in [0.5, 0.6) is 5.75 Å². The molecule has 0 bridgehead atoms. The number of H-pyrrole nitrogens is 1. The first-order valence-corrected chi connectivity index (χ1v) is 4.66. The van der Waals surface area contributed by atoms with Gasteiger partial charge in [-0.1, -0.05) is 0 Å². The zero-order valence-electron chi connectivity index (χ0n) is 12.0. The van der Waals surface area contributed by atoms with Crippen LogP contribution in [0.2, 0.25) is 0 Å². The lowest BCUT2D eigenvalue weighted by Gasteiger charge is -2.05. The van der Waals surface area contributed by atoms with Crippen molar-refractivity contribution in [2.24, 2.45) is 0 Å². The van der Waals surface area contributed by atoms with E-state index in [0.29, 0.717) is 22.2 Å². The van der Waals surface area contributed by atoms with Crippen LogP contribution < -0.4 is 4.74 Å². The smallest absolute Gasteiger partial charge is 0.338 e. The summed E-state index contributed by atoms with van der Waals surface area (Å²) in [5.41, 5.74) is 0.951. The molecule has 0 fully saturated rings. The maximum Gasteiger partial charge on any atom is 0.338 e. The molecule has 0 saturated heterocycles. The highest BCUT2D eigenvalue weighted by Gasteiger charge is 2.12. The summed E-state index contributed by atoms with van der Waals surface area (Å²) in [4.78, 5) is 14.3. The first-order chi connectivity index (χ1) is 8.86. The van der Waals surface area contributed by atoms with Crippen LogP contribution in [0.15, 0.2) is 18.2 Å². The van der Waals surface area contributed by atoms with Gasteiger partial charge in [0.2, 0.25) is 0 Å². The van der Waals surface area contributed by atoms with Crippen molar-refractivity contribution in [2.45, 2.75) is 6.85 Å². The molecule has 84 valence electrons. The molecule has 0 radical (unpaired) electrons. The molecule has 0 spiro atoms. The Morgan fingerprint density at radius 1 is 1.38 bits per heavy atom. The van der Waals surface area contributed by atoms with E-state index in [1.807, 2.05) is 0 Å². The Labute approximate surface area is 97.4 Å². The van der Waals surface area contributed by atoms with E-state index in [1.54, 1.807) is 6.07 Å². The number of esters is 1. The third-order valence-corrected chi connectivity index (χ3v) is 2.33. The fourth-order valence-corrected chi connectivity index (χ4v) is 1.61. The minimum Gasteiger partial charge on any atom is -0.495 e. The van der Waals surface area contributed by atoms with Crippen molar-refractivity contribution in [3.05, 3.63) is 29.5 Å². The number of carbonyl (C=O) groups excluding carboxylic acids is 1. The molecule has 1 aromatic heterocycles. The highest BCUT2D eigenvalue weighted by Crippen LogP contribution is 2.27. The summed E-state index contributed by atoms with van der Waals surface area (Å²) >= 11 is 0. The fraction of sp³-hybridized carbons (Fsp3) is 0.250. The van der Waals surface area contributed by atoms with E-state index in [1.165, 1.54) is 26.4 Å². The van der Waals surface area contributed by atoms with Gasteiger partial charge < -0.3 is 14.5 Å². The molecule has 4 nitrogen and oxygen atoms in total. The predicted molar refractivity (Wildman–Crippen MR) is 60.9 cm³/mol. The van der Waals surface area contributed by atoms with Crippen LogP contribution in [0.3, 0.4) is 0 Å². The number of benzene rings is 1. The van der Waals surface area contributed by atoms with Crippen LogP contribution in [-0.2, 0) is 4.74 Å². The molecule has 0 aliphatic heterocycles. The number of fused-ring (bicyclic) bond motifs is 1. The van der Waals surface area contributed by atoms with E-state index < -0.39 is 12.8 Å². The van der Waals surface area contributed by atoms with Crippen LogP contribution in [0.1, 0.15) is 20.2 Å².